The van der Waals surface area contributed by atoms with Gasteiger partial charge in [-0.2, -0.15) is 0 Å². The van der Waals surface area contributed by atoms with E-state index in [4.69, 9.17) is 0 Å². The molecule has 1 N–H and O–H groups in total. The minimum Gasteiger partial charge on any atom is -0.369 e. The van der Waals surface area contributed by atoms with Gasteiger partial charge in [0, 0.05) is 11.0 Å². The first-order chi connectivity index (χ1) is 12.2. The van der Waals surface area contributed by atoms with E-state index in [1.807, 2.05) is 0 Å². The summed E-state index contributed by atoms with van der Waals surface area (Å²) in [5.74, 6) is 0. The maximum atomic E-state index is 3.67. The first-order valence-electron chi connectivity index (χ1n) is 8.59. The molecule has 0 saturated carbocycles. The minimum absolute atomic E-state index is 0.268. The van der Waals surface area contributed by atoms with E-state index < -0.39 is 7.92 Å². The topological polar surface area (TPSA) is 15.3 Å². The van der Waals surface area contributed by atoms with Crippen molar-refractivity contribution in [2.24, 2.45) is 0 Å². The van der Waals surface area contributed by atoms with Crippen LogP contribution < -0.4 is 21.2 Å². The SMILES string of the molecule is CC(Nc1ccccc1P(c1ccccc1)c1ccccc1)N(C)C. The molecule has 25 heavy (non-hydrogen) atoms. The Balaban J connectivity index is 2.09. The van der Waals surface area contributed by atoms with Gasteiger partial charge in [0.25, 0.3) is 0 Å². The lowest BCUT2D eigenvalue weighted by Crippen LogP contribution is -2.34. The van der Waals surface area contributed by atoms with Gasteiger partial charge in [0.05, 0.1) is 6.17 Å². The Kier molecular flexibility index (Phi) is 5.86. The lowest BCUT2D eigenvalue weighted by Gasteiger charge is -2.27. The number of hydrogen-bond acceptors (Lipinski definition) is 2. The fourth-order valence-corrected chi connectivity index (χ4v) is 5.14. The zero-order valence-corrected chi connectivity index (χ0v) is 15.9. The number of para-hydroxylation sites is 1. The van der Waals surface area contributed by atoms with Crippen molar-refractivity contribution in [3.8, 4) is 0 Å². The van der Waals surface area contributed by atoms with E-state index >= 15 is 0 Å². The predicted octanol–water partition coefficient (Wildman–Crippen LogP) is 3.76. The van der Waals surface area contributed by atoms with Crippen LogP contribution in [0.5, 0.6) is 0 Å². The summed E-state index contributed by atoms with van der Waals surface area (Å²) in [6, 6.07) is 30.4. The molecule has 0 aliphatic heterocycles. The van der Waals surface area contributed by atoms with Crippen LogP contribution in [-0.4, -0.2) is 25.2 Å². The van der Waals surface area contributed by atoms with Crippen molar-refractivity contribution in [1.82, 2.24) is 4.90 Å². The Morgan fingerprint density at radius 2 is 1.20 bits per heavy atom. The van der Waals surface area contributed by atoms with E-state index in [9.17, 15) is 0 Å². The van der Waals surface area contributed by atoms with Crippen LogP contribution in [0.4, 0.5) is 5.69 Å². The Morgan fingerprint density at radius 1 is 0.720 bits per heavy atom. The molecule has 0 radical (unpaired) electrons. The third kappa shape index (κ3) is 4.28. The van der Waals surface area contributed by atoms with Crippen LogP contribution in [0.15, 0.2) is 84.9 Å². The van der Waals surface area contributed by atoms with Gasteiger partial charge >= 0.3 is 0 Å². The van der Waals surface area contributed by atoms with Crippen molar-refractivity contribution in [1.29, 1.82) is 0 Å². The second kappa shape index (κ2) is 8.29. The Hall–Kier alpha value is -2.15. The third-order valence-corrected chi connectivity index (χ3v) is 6.81. The first-order valence-corrected chi connectivity index (χ1v) is 9.93. The van der Waals surface area contributed by atoms with E-state index in [2.05, 4.69) is 116 Å². The quantitative estimate of drug-likeness (QED) is 0.539. The molecule has 1 unspecified atom stereocenters. The molecule has 3 rings (SSSR count). The van der Waals surface area contributed by atoms with E-state index in [1.54, 1.807) is 0 Å². The maximum Gasteiger partial charge on any atom is 0.0759 e. The number of rotatable bonds is 6. The average Bonchev–Trinajstić information content (AvgIpc) is 2.65. The molecule has 128 valence electrons. The van der Waals surface area contributed by atoms with E-state index in [1.165, 1.54) is 21.6 Å². The molecule has 0 aromatic heterocycles. The fourth-order valence-electron chi connectivity index (χ4n) is 2.73. The molecule has 0 aliphatic carbocycles. The molecule has 3 aromatic carbocycles. The Morgan fingerprint density at radius 3 is 1.72 bits per heavy atom. The van der Waals surface area contributed by atoms with E-state index in [0.29, 0.717) is 0 Å². The highest BCUT2D eigenvalue weighted by Gasteiger charge is 2.20. The van der Waals surface area contributed by atoms with Crippen LogP contribution in [0.2, 0.25) is 0 Å². The average molecular weight is 348 g/mol. The summed E-state index contributed by atoms with van der Waals surface area (Å²) in [6.45, 7) is 2.18. The molecule has 1 atom stereocenters. The molecule has 0 saturated heterocycles. The smallest absolute Gasteiger partial charge is 0.0759 e. The van der Waals surface area contributed by atoms with E-state index in [0.717, 1.165) is 0 Å². The van der Waals surface area contributed by atoms with Gasteiger partial charge in [-0.3, -0.25) is 4.90 Å². The molecule has 0 heterocycles. The second-order valence-electron chi connectivity index (χ2n) is 6.31. The van der Waals surface area contributed by atoms with Crippen molar-refractivity contribution in [2.45, 2.75) is 13.1 Å². The highest BCUT2D eigenvalue weighted by atomic mass is 31.1. The standard InChI is InChI=1S/C22H25N2P/c1-18(24(2)3)23-21-16-10-11-17-22(21)25(19-12-6-4-7-13-19)20-14-8-5-9-15-20/h4-18,23H,1-3H3. The summed E-state index contributed by atoms with van der Waals surface area (Å²) < 4.78 is 0. The third-order valence-electron chi connectivity index (χ3n) is 4.31. The molecular formula is C22H25N2P. The van der Waals surface area contributed by atoms with Crippen LogP contribution in [0.3, 0.4) is 0 Å². The van der Waals surface area contributed by atoms with Crippen LogP contribution in [0, 0.1) is 0 Å². The Labute approximate surface area is 152 Å². The molecule has 0 bridgehead atoms. The minimum atomic E-state index is -0.598. The lowest BCUT2D eigenvalue weighted by atomic mass is 10.3. The molecule has 3 heteroatoms. The monoisotopic (exact) mass is 348 g/mol. The molecule has 0 fully saturated rings. The van der Waals surface area contributed by atoms with Gasteiger partial charge in [-0.1, -0.05) is 78.9 Å². The number of hydrogen-bond donors (Lipinski definition) is 1. The van der Waals surface area contributed by atoms with Gasteiger partial charge in [-0.15, -0.1) is 0 Å². The summed E-state index contributed by atoms with van der Waals surface area (Å²) in [5, 5.41) is 7.78. The van der Waals surface area contributed by atoms with Crippen LogP contribution in [0.1, 0.15) is 6.92 Å². The number of benzene rings is 3. The van der Waals surface area contributed by atoms with Gasteiger partial charge in [0.15, 0.2) is 0 Å². The molecule has 0 spiro atoms. The maximum absolute atomic E-state index is 3.67. The fraction of sp³-hybridized carbons (Fsp3) is 0.182. The Bertz CT molecular complexity index is 748. The normalized spacial score (nSPS) is 12.4. The summed E-state index contributed by atoms with van der Waals surface area (Å²) in [7, 11) is 3.59. The van der Waals surface area contributed by atoms with Gasteiger partial charge in [-0.25, -0.2) is 0 Å². The molecule has 3 aromatic rings. The van der Waals surface area contributed by atoms with Crippen LogP contribution in [-0.2, 0) is 0 Å². The number of nitrogens with one attached hydrogen (secondary N) is 1. The van der Waals surface area contributed by atoms with Crippen molar-refractivity contribution in [3.63, 3.8) is 0 Å². The van der Waals surface area contributed by atoms with Gasteiger partial charge in [-0.05, 0) is 45.6 Å². The zero-order valence-electron chi connectivity index (χ0n) is 15.1. The predicted molar refractivity (Wildman–Crippen MR) is 112 cm³/mol. The van der Waals surface area contributed by atoms with Gasteiger partial charge in [0.2, 0.25) is 0 Å². The summed E-state index contributed by atoms with van der Waals surface area (Å²) >= 11 is 0. The van der Waals surface area contributed by atoms with Crippen molar-refractivity contribution >= 4 is 29.5 Å². The van der Waals surface area contributed by atoms with Crippen molar-refractivity contribution < 1.29 is 0 Å². The van der Waals surface area contributed by atoms with Gasteiger partial charge in [0.1, 0.15) is 0 Å². The largest absolute Gasteiger partial charge is 0.369 e. The second-order valence-corrected chi connectivity index (χ2v) is 8.49. The first kappa shape index (κ1) is 17.7. The molecular weight excluding hydrogens is 323 g/mol. The van der Waals surface area contributed by atoms with Crippen molar-refractivity contribution in [2.75, 3.05) is 19.4 Å². The molecule has 0 aliphatic rings. The van der Waals surface area contributed by atoms with Gasteiger partial charge < -0.3 is 5.32 Å². The lowest BCUT2D eigenvalue weighted by molar-refractivity contribution is 0.344. The zero-order chi connectivity index (χ0) is 17.6. The van der Waals surface area contributed by atoms with E-state index in [-0.39, 0.29) is 6.17 Å². The number of nitrogens with zero attached hydrogens (tertiary/aromatic N) is 1. The molecule has 0 amide bonds. The van der Waals surface area contributed by atoms with Crippen LogP contribution in [0.25, 0.3) is 0 Å². The number of anilines is 1. The summed E-state index contributed by atoms with van der Waals surface area (Å²) in [4.78, 5) is 2.18. The van der Waals surface area contributed by atoms with Crippen LogP contribution >= 0.6 is 7.92 Å². The highest BCUT2D eigenvalue weighted by Crippen LogP contribution is 2.35. The summed E-state index contributed by atoms with van der Waals surface area (Å²) in [6.07, 6.45) is 0.268. The molecule has 2 nitrogen and oxygen atoms in total. The highest BCUT2D eigenvalue weighted by molar-refractivity contribution is 7.80. The summed E-state index contributed by atoms with van der Waals surface area (Å²) in [5.41, 5.74) is 1.21. The van der Waals surface area contributed by atoms with Crippen molar-refractivity contribution in [3.05, 3.63) is 84.9 Å².